The first kappa shape index (κ1) is 24.2. The Hall–Kier alpha value is -2.51. The van der Waals surface area contributed by atoms with Gasteiger partial charge in [0.25, 0.3) is 0 Å². The van der Waals surface area contributed by atoms with Crippen LogP contribution in [0.15, 0.2) is 47.5 Å². The molecule has 4 heterocycles. The molecule has 3 fully saturated rings. The fraction of sp³-hybridized carbons (Fsp3) is 0.538. The van der Waals surface area contributed by atoms with Crippen LogP contribution in [0, 0.1) is 16.7 Å². The highest BCUT2D eigenvalue weighted by Crippen LogP contribution is 2.42. The maximum atomic E-state index is 13.3. The molecule has 0 saturated carbocycles. The SMILES string of the molecule is N#Cc1cccc(CN2CCC3(CC2)CCN(S(=O)(=O)c2ccc(N4CCOCC4)nc2)CC3)c1. The highest BCUT2D eigenvalue weighted by atomic mass is 32.2. The van der Waals surface area contributed by atoms with Crippen molar-refractivity contribution in [3.05, 3.63) is 53.7 Å². The first-order valence-corrected chi connectivity index (χ1v) is 13.9. The lowest BCUT2D eigenvalue weighted by Gasteiger charge is -2.46. The number of likely N-dealkylation sites (tertiary alicyclic amines) is 1. The number of aromatic nitrogens is 1. The molecule has 9 heteroatoms. The predicted octanol–water partition coefficient (Wildman–Crippen LogP) is 2.86. The number of piperidine rings is 2. The molecular weight excluding hydrogens is 462 g/mol. The van der Waals surface area contributed by atoms with E-state index in [0.717, 1.165) is 64.2 Å². The van der Waals surface area contributed by atoms with E-state index in [4.69, 9.17) is 10.00 Å². The van der Waals surface area contributed by atoms with E-state index in [0.29, 0.717) is 31.9 Å². The molecular formula is C26H33N5O3S. The Morgan fingerprint density at radius 3 is 2.34 bits per heavy atom. The minimum Gasteiger partial charge on any atom is -0.378 e. The van der Waals surface area contributed by atoms with E-state index >= 15 is 0 Å². The summed E-state index contributed by atoms with van der Waals surface area (Å²) < 4.78 is 33.6. The van der Waals surface area contributed by atoms with Gasteiger partial charge in [-0.2, -0.15) is 9.57 Å². The maximum absolute atomic E-state index is 13.3. The van der Waals surface area contributed by atoms with Gasteiger partial charge in [-0.15, -0.1) is 0 Å². The topological polar surface area (TPSA) is 89.8 Å². The summed E-state index contributed by atoms with van der Waals surface area (Å²) in [5, 5.41) is 9.13. The number of anilines is 1. The number of pyridine rings is 1. The second kappa shape index (κ2) is 10.2. The summed E-state index contributed by atoms with van der Waals surface area (Å²) in [4.78, 5) is 9.29. The highest BCUT2D eigenvalue weighted by Gasteiger charge is 2.40. The van der Waals surface area contributed by atoms with Crippen molar-refractivity contribution < 1.29 is 13.2 Å². The summed E-state index contributed by atoms with van der Waals surface area (Å²) in [5.41, 5.74) is 2.11. The summed E-state index contributed by atoms with van der Waals surface area (Å²) in [6.45, 7) is 6.91. The lowest BCUT2D eigenvalue weighted by atomic mass is 9.71. The molecule has 3 saturated heterocycles. The van der Waals surface area contributed by atoms with Gasteiger partial charge >= 0.3 is 0 Å². The van der Waals surface area contributed by atoms with Crippen molar-refractivity contribution >= 4 is 15.8 Å². The van der Waals surface area contributed by atoms with Crippen molar-refractivity contribution in [3.63, 3.8) is 0 Å². The van der Waals surface area contributed by atoms with Crippen LogP contribution in [0.2, 0.25) is 0 Å². The van der Waals surface area contributed by atoms with Crippen LogP contribution < -0.4 is 4.90 Å². The first-order chi connectivity index (χ1) is 17.0. The van der Waals surface area contributed by atoms with E-state index in [1.54, 1.807) is 10.4 Å². The Bertz CT molecular complexity index is 1150. The normalized spacial score (nSPS) is 21.6. The third-order valence-corrected chi connectivity index (χ3v) is 9.74. The molecule has 1 aromatic heterocycles. The third kappa shape index (κ3) is 5.36. The Morgan fingerprint density at radius 1 is 0.971 bits per heavy atom. The predicted molar refractivity (Wildman–Crippen MR) is 133 cm³/mol. The van der Waals surface area contributed by atoms with Gasteiger partial charge in [0.1, 0.15) is 10.7 Å². The van der Waals surface area contributed by atoms with Crippen molar-refractivity contribution in [1.29, 1.82) is 5.26 Å². The van der Waals surface area contributed by atoms with Gasteiger partial charge in [-0.25, -0.2) is 13.4 Å². The molecule has 0 bridgehead atoms. The van der Waals surface area contributed by atoms with Gasteiger partial charge < -0.3 is 9.64 Å². The minimum atomic E-state index is -3.53. The molecule has 0 aliphatic carbocycles. The molecule has 0 amide bonds. The monoisotopic (exact) mass is 495 g/mol. The number of rotatable bonds is 5. The highest BCUT2D eigenvalue weighted by molar-refractivity contribution is 7.89. The third-order valence-electron chi connectivity index (χ3n) is 7.86. The summed E-state index contributed by atoms with van der Waals surface area (Å²) in [7, 11) is -3.53. The standard InChI is InChI=1S/C26H33N5O3S/c27-19-22-2-1-3-23(18-22)21-29-10-6-26(7-11-29)8-12-31(13-9-26)35(32,33)24-4-5-25(28-20-24)30-14-16-34-17-15-30/h1-5,18,20H,6-17,21H2. The Kier molecular flexibility index (Phi) is 7.07. The van der Waals surface area contributed by atoms with Crippen LogP contribution in [-0.2, 0) is 21.3 Å². The zero-order valence-corrected chi connectivity index (χ0v) is 20.9. The summed E-state index contributed by atoms with van der Waals surface area (Å²) >= 11 is 0. The van der Waals surface area contributed by atoms with E-state index in [2.05, 4.69) is 26.9 Å². The average Bonchev–Trinajstić information content (AvgIpc) is 2.91. The van der Waals surface area contributed by atoms with Gasteiger partial charge in [0.05, 0.1) is 24.8 Å². The van der Waals surface area contributed by atoms with Crippen molar-refractivity contribution in [2.75, 3.05) is 57.4 Å². The zero-order valence-electron chi connectivity index (χ0n) is 20.1. The van der Waals surface area contributed by atoms with Gasteiger partial charge in [0.15, 0.2) is 0 Å². The summed E-state index contributed by atoms with van der Waals surface area (Å²) in [6, 6.07) is 13.5. The van der Waals surface area contributed by atoms with E-state index in [1.807, 2.05) is 24.3 Å². The van der Waals surface area contributed by atoms with Crippen molar-refractivity contribution in [2.24, 2.45) is 5.41 Å². The van der Waals surface area contributed by atoms with Crippen molar-refractivity contribution in [3.8, 4) is 6.07 Å². The molecule has 0 N–H and O–H groups in total. The lowest BCUT2D eigenvalue weighted by molar-refractivity contribution is 0.0529. The smallest absolute Gasteiger partial charge is 0.244 e. The molecule has 35 heavy (non-hydrogen) atoms. The molecule has 0 radical (unpaired) electrons. The molecule has 1 aromatic carbocycles. The zero-order chi connectivity index (χ0) is 24.3. The van der Waals surface area contributed by atoms with Crippen LogP contribution in [-0.4, -0.2) is 75.1 Å². The van der Waals surface area contributed by atoms with Crippen molar-refractivity contribution in [1.82, 2.24) is 14.2 Å². The van der Waals surface area contributed by atoms with Crippen LogP contribution in [0.3, 0.4) is 0 Å². The number of ether oxygens (including phenoxy) is 1. The van der Waals surface area contributed by atoms with Gasteiger partial charge in [0.2, 0.25) is 10.0 Å². The molecule has 8 nitrogen and oxygen atoms in total. The second-order valence-electron chi connectivity index (χ2n) is 9.94. The number of hydrogen-bond donors (Lipinski definition) is 0. The number of hydrogen-bond acceptors (Lipinski definition) is 7. The Balaban J connectivity index is 1.15. The number of nitriles is 1. The molecule has 1 spiro atoms. The van der Waals surface area contributed by atoms with Crippen LogP contribution in [0.5, 0.6) is 0 Å². The fourth-order valence-electron chi connectivity index (χ4n) is 5.54. The number of benzene rings is 1. The number of nitrogens with zero attached hydrogens (tertiary/aromatic N) is 5. The van der Waals surface area contributed by atoms with Crippen LogP contribution in [0.4, 0.5) is 5.82 Å². The molecule has 0 unspecified atom stereocenters. The van der Waals surface area contributed by atoms with Crippen molar-refractivity contribution in [2.45, 2.75) is 37.1 Å². The van der Waals surface area contributed by atoms with E-state index in [9.17, 15) is 8.42 Å². The average molecular weight is 496 g/mol. The molecule has 3 aliphatic rings. The summed E-state index contributed by atoms with van der Waals surface area (Å²) in [5.74, 6) is 0.802. The lowest BCUT2D eigenvalue weighted by Crippen LogP contribution is -2.48. The number of sulfonamides is 1. The maximum Gasteiger partial charge on any atom is 0.244 e. The van der Waals surface area contributed by atoms with E-state index in [-0.39, 0.29) is 10.3 Å². The minimum absolute atomic E-state index is 0.232. The van der Waals surface area contributed by atoms with Crippen LogP contribution >= 0.6 is 0 Å². The molecule has 186 valence electrons. The molecule has 3 aliphatic heterocycles. The van der Waals surface area contributed by atoms with Gasteiger partial charge in [0, 0.05) is 38.9 Å². The fourth-order valence-corrected chi connectivity index (χ4v) is 6.92. The van der Waals surface area contributed by atoms with Gasteiger partial charge in [-0.1, -0.05) is 12.1 Å². The molecule has 5 rings (SSSR count). The summed E-state index contributed by atoms with van der Waals surface area (Å²) in [6.07, 6.45) is 5.50. The quantitative estimate of drug-likeness (QED) is 0.630. The Morgan fingerprint density at radius 2 is 1.69 bits per heavy atom. The largest absolute Gasteiger partial charge is 0.378 e. The Labute approximate surface area is 208 Å². The first-order valence-electron chi connectivity index (χ1n) is 12.5. The van der Waals surface area contributed by atoms with Crippen LogP contribution in [0.25, 0.3) is 0 Å². The number of morpholine rings is 1. The van der Waals surface area contributed by atoms with Crippen LogP contribution in [0.1, 0.15) is 36.8 Å². The molecule has 2 aromatic rings. The van der Waals surface area contributed by atoms with E-state index in [1.165, 1.54) is 11.8 Å². The van der Waals surface area contributed by atoms with Gasteiger partial charge in [-0.05, 0) is 74.0 Å². The molecule has 0 atom stereocenters. The van der Waals surface area contributed by atoms with E-state index < -0.39 is 10.0 Å². The second-order valence-corrected chi connectivity index (χ2v) is 11.9. The van der Waals surface area contributed by atoms with Gasteiger partial charge in [-0.3, -0.25) is 4.90 Å².